The highest BCUT2D eigenvalue weighted by atomic mass is 16.6. The Morgan fingerprint density at radius 2 is 1.60 bits per heavy atom. The molecule has 2 heteroatoms. The lowest BCUT2D eigenvalue weighted by Crippen LogP contribution is -2.06. The van der Waals surface area contributed by atoms with Crippen molar-refractivity contribution in [2.24, 2.45) is 10.6 Å². The summed E-state index contributed by atoms with van der Waals surface area (Å²) in [6, 6.07) is 18.5. The van der Waals surface area contributed by atoms with Crippen LogP contribution in [0.25, 0.3) is 11.1 Å². The summed E-state index contributed by atoms with van der Waals surface area (Å²) in [4.78, 5) is 5.37. The van der Waals surface area contributed by atoms with E-state index in [0.717, 1.165) is 5.56 Å². The predicted octanol–water partition coefficient (Wildman–Crippen LogP) is 4.78. The van der Waals surface area contributed by atoms with Crippen LogP contribution in [-0.2, 0) is 11.4 Å². The molecule has 0 heterocycles. The highest BCUT2D eigenvalue weighted by Crippen LogP contribution is 2.24. The smallest absolute Gasteiger partial charge is 0.142 e. The molecule has 0 unspecified atom stereocenters. The molecule has 0 amide bonds. The van der Waals surface area contributed by atoms with Crippen LogP contribution in [0.15, 0.2) is 59.8 Å². The molecule has 2 aromatic rings. The van der Waals surface area contributed by atoms with Gasteiger partial charge in [0.25, 0.3) is 0 Å². The van der Waals surface area contributed by atoms with E-state index in [-0.39, 0.29) is 5.41 Å². The van der Waals surface area contributed by atoms with Gasteiger partial charge in [0.2, 0.25) is 0 Å². The van der Waals surface area contributed by atoms with Gasteiger partial charge in [-0.05, 0) is 16.7 Å². The first-order valence-corrected chi connectivity index (χ1v) is 6.79. The zero-order valence-corrected chi connectivity index (χ0v) is 12.3. The van der Waals surface area contributed by atoms with Crippen LogP contribution in [0.3, 0.4) is 0 Å². The Kier molecular flexibility index (Phi) is 4.57. The molecule has 0 aliphatic rings. The summed E-state index contributed by atoms with van der Waals surface area (Å²) in [6.45, 7) is 6.57. The van der Waals surface area contributed by atoms with Crippen molar-refractivity contribution < 1.29 is 4.84 Å². The molecule has 1 radical (unpaired) electrons. The zero-order valence-electron chi connectivity index (χ0n) is 12.3. The van der Waals surface area contributed by atoms with Gasteiger partial charge in [-0.25, -0.2) is 0 Å². The summed E-state index contributed by atoms with van der Waals surface area (Å²) in [6.07, 6.45) is 2.95. The maximum absolute atomic E-state index is 5.37. The van der Waals surface area contributed by atoms with Gasteiger partial charge in [0.15, 0.2) is 0 Å². The Hall–Kier alpha value is -2.09. The first kappa shape index (κ1) is 14.3. The molecule has 0 fully saturated rings. The number of hydrogen-bond acceptors (Lipinski definition) is 2. The Morgan fingerprint density at radius 1 is 0.950 bits per heavy atom. The highest BCUT2D eigenvalue weighted by molar-refractivity contribution is 5.67. The SMILES string of the molecule is CC(C)(C)/[C]=N/OCc1ccccc1-c1ccccc1. The third-order valence-corrected chi connectivity index (χ3v) is 2.77. The average molecular weight is 266 g/mol. The van der Waals surface area contributed by atoms with Crippen LogP contribution in [0.5, 0.6) is 0 Å². The monoisotopic (exact) mass is 266 g/mol. The van der Waals surface area contributed by atoms with Gasteiger partial charge in [-0.1, -0.05) is 80.5 Å². The van der Waals surface area contributed by atoms with E-state index in [4.69, 9.17) is 4.84 Å². The minimum absolute atomic E-state index is 0.0844. The van der Waals surface area contributed by atoms with E-state index in [1.54, 1.807) is 0 Å². The number of hydrogen-bond donors (Lipinski definition) is 0. The van der Waals surface area contributed by atoms with Gasteiger partial charge in [-0.15, -0.1) is 0 Å². The van der Waals surface area contributed by atoms with E-state index in [2.05, 4.69) is 35.6 Å². The summed E-state index contributed by atoms with van der Waals surface area (Å²) >= 11 is 0. The lowest BCUT2D eigenvalue weighted by atomic mass is 9.99. The molecule has 2 aromatic carbocycles. The van der Waals surface area contributed by atoms with Crippen LogP contribution in [0.4, 0.5) is 0 Å². The maximum Gasteiger partial charge on any atom is 0.142 e. The molecule has 0 N–H and O–H groups in total. The van der Waals surface area contributed by atoms with Crippen molar-refractivity contribution in [1.29, 1.82) is 0 Å². The Morgan fingerprint density at radius 3 is 2.30 bits per heavy atom. The fourth-order valence-corrected chi connectivity index (χ4v) is 1.82. The van der Waals surface area contributed by atoms with E-state index >= 15 is 0 Å². The van der Waals surface area contributed by atoms with Crippen molar-refractivity contribution in [3.8, 4) is 11.1 Å². The van der Waals surface area contributed by atoms with Crippen LogP contribution in [-0.4, -0.2) is 6.21 Å². The topological polar surface area (TPSA) is 21.6 Å². The fraction of sp³-hybridized carbons (Fsp3) is 0.278. The molecule has 0 aliphatic heterocycles. The van der Waals surface area contributed by atoms with Crippen LogP contribution in [0.2, 0.25) is 0 Å². The van der Waals surface area contributed by atoms with Crippen molar-refractivity contribution >= 4 is 6.21 Å². The van der Waals surface area contributed by atoms with E-state index < -0.39 is 0 Å². The third-order valence-electron chi connectivity index (χ3n) is 2.77. The number of rotatable bonds is 4. The van der Waals surface area contributed by atoms with Crippen LogP contribution < -0.4 is 0 Å². The van der Waals surface area contributed by atoms with Gasteiger partial charge in [0.05, 0.1) is 0 Å². The van der Waals surface area contributed by atoms with Gasteiger partial charge in [-0.3, -0.25) is 0 Å². The van der Waals surface area contributed by atoms with Crippen LogP contribution >= 0.6 is 0 Å². The maximum atomic E-state index is 5.37. The third kappa shape index (κ3) is 4.23. The summed E-state index contributed by atoms with van der Waals surface area (Å²) < 4.78 is 0. The second-order valence-electron chi connectivity index (χ2n) is 5.75. The largest absolute Gasteiger partial charge is 0.391 e. The van der Waals surface area contributed by atoms with Gasteiger partial charge < -0.3 is 4.84 Å². The van der Waals surface area contributed by atoms with E-state index in [1.807, 2.05) is 51.1 Å². The second kappa shape index (κ2) is 6.38. The molecule has 2 rings (SSSR count). The molecule has 0 atom stereocenters. The molecule has 0 bridgehead atoms. The first-order chi connectivity index (χ1) is 9.56. The molecular weight excluding hydrogens is 246 g/mol. The lowest BCUT2D eigenvalue weighted by molar-refractivity contribution is 0.130. The van der Waals surface area contributed by atoms with Crippen molar-refractivity contribution in [2.75, 3.05) is 0 Å². The van der Waals surface area contributed by atoms with Crippen LogP contribution in [0, 0.1) is 5.41 Å². The summed E-state index contributed by atoms with van der Waals surface area (Å²) in [5.74, 6) is 0. The van der Waals surface area contributed by atoms with Crippen molar-refractivity contribution in [2.45, 2.75) is 27.4 Å². The highest BCUT2D eigenvalue weighted by Gasteiger charge is 2.07. The standard InChI is InChI=1S/C18H20NO/c1-18(2,3)14-19-20-13-16-11-7-8-12-17(16)15-9-5-4-6-10-15/h4-12H,13H2,1-3H3. The van der Waals surface area contributed by atoms with Crippen LogP contribution in [0.1, 0.15) is 26.3 Å². The fourth-order valence-electron chi connectivity index (χ4n) is 1.82. The predicted molar refractivity (Wildman–Crippen MR) is 83.6 cm³/mol. The molecule has 0 aromatic heterocycles. The Bertz CT molecular complexity index is 567. The quantitative estimate of drug-likeness (QED) is 0.576. The number of benzene rings is 2. The molecule has 2 nitrogen and oxygen atoms in total. The number of nitrogens with zero attached hydrogens (tertiary/aromatic N) is 1. The average Bonchev–Trinajstić information content (AvgIpc) is 2.44. The molecule has 20 heavy (non-hydrogen) atoms. The second-order valence-corrected chi connectivity index (χ2v) is 5.75. The van der Waals surface area contributed by atoms with Crippen molar-refractivity contribution in [1.82, 2.24) is 0 Å². The first-order valence-electron chi connectivity index (χ1n) is 6.79. The van der Waals surface area contributed by atoms with E-state index in [1.165, 1.54) is 11.1 Å². The minimum Gasteiger partial charge on any atom is -0.391 e. The Labute approximate surface area is 121 Å². The van der Waals surface area contributed by atoms with Gasteiger partial charge in [0.1, 0.15) is 12.8 Å². The normalized spacial score (nSPS) is 11.8. The van der Waals surface area contributed by atoms with Crippen molar-refractivity contribution in [3.63, 3.8) is 0 Å². The van der Waals surface area contributed by atoms with Crippen molar-refractivity contribution in [3.05, 3.63) is 60.2 Å². The summed E-state index contributed by atoms with van der Waals surface area (Å²) in [7, 11) is 0. The molecule has 0 spiro atoms. The van der Waals surface area contributed by atoms with Gasteiger partial charge in [0, 0.05) is 5.41 Å². The molecule has 103 valence electrons. The zero-order chi connectivity index (χ0) is 14.4. The molecule has 0 aliphatic carbocycles. The molecule has 0 saturated carbocycles. The minimum atomic E-state index is -0.0844. The lowest BCUT2D eigenvalue weighted by Gasteiger charge is -2.10. The van der Waals surface area contributed by atoms with E-state index in [9.17, 15) is 0 Å². The molecule has 0 saturated heterocycles. The van der Waals surface area contributed by atoms with Gasteiger partial charge in [-0.2, -0.15) is 0 Å². The van der Waals surface area contributed by atoms with E-state index in [0.29, 0.717) is 6.61 Å². The Balaban J connectivity index is 2.12. The summed E-state index contributed by atoms with van der Waals surface area (Å²) in [5, 5.41) is 3.92. The van der Waals surface area contributed by atoms with Gasteiger partial charge >= 0.3 is 0 Å². The summed E-state index contributed by atoms with van der Waals surface area (Å²) in [5.41, 5.74) is 3.41. The molecular formula is C18H20NO.